The Morgan fingerprint density at radius 2 is 2.09 bits per heavy atom. The molecule has 2 heterocycles. The monoisotopic (exact) mass is 327 g/mol. The second kappa shape index (κ2) is 7.15. The molecule has 0 aromatic carbocycles. The Labute approximate surface area is 135 Å². The van der Waals surface area contributed by atoms with Crippen LogP contribution in [-0.2, 0) is 11.3 Å². The highest BCUT2D eigenvalue weighted by molar-refractivity contribution is 5.89. The summed E-state index contributed by atoms with van der Waals surface area (Å²) >= 11 is 0. The molecular formula is C15H22ClN3O3. The van der Waals surface area contributed by atoms with Crippen molar-refractivity contribution in [3.63, 3.8) is 0 Å². The first-order valence-corrected chi connectivity index (χ1v) is 7.56. The lowest BCUT2D eigenvalue weighted by atomic mass is 9.85. The minimum atomic E-state index is -0.603. The third-order valence-corrected chi connectivity index (χ3v) is 4.52. The van der Waals surface area contributed by atoms with Crippen LogP contribution < -0.4 is 16.4 Å². The normalized spacial score (nSPS) is 26.8. The molecule has 22 heavy (non-hydrogen) atoms. The number of amides is 2. The van der Waals surface area contributed by atoms with Crippen molar-refractivity contribution in [3.8, 4) is 0 Å². The smallest absolute Gasteiger partial charge is 0.284 e. The number of hydrogen-bond acceptors (Lipinski definition) is 4. The molecule has 3 atom stereocenters. The van der Waals surface area contributed by atoms with Crippen LogP contribution in [0.25, 0.3) is 0 Å². The molecule has 6 nitrogen and oxygen atoms in total. The van der Waals surface area contributed by atoms with E-state index in [4.69, 9.17) is 10.2 Å². The molecule has 1 aromatic rings. The lowest BCUT2D eigenvalue weighted by Gasteiger charge is -2.24. The highest BCUT2D eigenvalue weighted by Crippen LogP contribution is 2.33. The number of primary amides is 1. The molecule has 2 fully saturated rings. The SMILES string of the molecule is Cl.NC(=O)c1ccc(CNC(=O)C2CC3CCCCC3N2)o1. The van der Waals surface area contributed by atoms with Crippen molar-refractivity contribution in [3.05, 3.63) is 23.7 Å². The molecule has 3 unspecified atom stereocenters. The average molecular weight is 328 g/mol. The number of carbonyl (C=O) groups is 2. The molecule has 1 aromatic heterocycles. The van der Waals surface area contributed by atoms with E-state index in [0.29, 0.717) is 17.7 Å². The van der Waals surface area contributed by atoms with Gasteiger partial charge in [0.25, 0.3) is 5.91 Å². The zero-order valence-corrected chi connectivity index (χ0v) is 13.2. The maximum atomic E-state index is 12.2. The predicted molar refractivity (Wildman–Crippen MR) is 83.6 cm³/mol. The van der Waals surface area contributed by atoms with Gasteiger partial charge in [0.05, 0.1) is 12.6 Å². The Morgan fingerprint density at radius 1 is 1.32 bits per heavy atom. The van der Waals surface area contributed by atoms with Gasteiger partial charge in [-0.25, -0.2) is 0 Å². The van der Waals surface area contributed by atoms with E-state index in [9.17, 15) is 9.59 Å². The predicted octanol–water partition coefficient (Wildman–Crippen LogP) is 1.34. The van der Waals surface area contributed by atoms with Gasteiger partial charge in [-0.2, -0.15) is 0 Å². The molecule has 3 rings (SSSR count). The molecule has 0 radical (unpaired) electrons. The number of halogens is 1. The van der Waals surface area contributed by atoms with Crippen molar-refractivity contribution < 1.29 is 14.0 Å². The van der Waals surface area contributed by atoms with Gasteiger partial charge in [0.1, 0.15) is 5.76 Å². The van der Waals surface area contributed by atoms with Gasteiger partial charge in [-0.1, -0.05) is 12.8 Å². The van der Waals surface area contributed by atoms with Crippen molar-refractivity contribution in [2.45, 2.75) is 50.7 Å². The summed E-state index contributed by atoms with van der Waals surface area (Å²) in [7, 11) is 0. The lowest BCUT2D eigenvalue weighted by Crippen LogP contribution is -2.42. The van der Waals surface area contributed by atoms with Crippen molar-refractivity contribution >= 4 is 24.2 Å². The van der Waals surface area contributed by atoms with Crippen LogP contribution in [-0.4, -0.2) is 23.9 Å². The fourth-order valence-electron chi connectivity index (χ4n) is 3.42. The number of carbonyl (C=O) groups excluding carboxylic acids is 2. The summed E-state index contributed by atoms with van der Waals surface area (Å²) < 4.78 is 5.24. The van der Waals surface area contributed by atoms with Crippen LogP contribution in [0.15, 0.2) is 16.5 Å². The minimum Gasteiger partial charge on any atom is -0.454 e. The first-order chi connectivity index (χ1) is 10.1. The summed E-state index contributed by atoms with van der Waals surface area (Å²) in [6, 6.07) is 3.57. The van der Waals surface area contributed by atoms with Gasteiger partial charge in [-0.05, 0) is 37.3 Å². The summed E-state index contributed by atoms with van der Waals surface area (Å²) in [5, 5.41) is 6.29. The fourth-order valence-corrected chi connectivity index (χ4v) is 3.42. The minimum absolute atomic E-state index is 0. The molecule has 0 bridgehead atoms. The van der Waals surface area contributed by atoms with Crippen LogP contribution in [0.4, 0.5) is 0 Å². The van der Waals surface area contributed by atoms with Crippen molar-refractivity contribution in [1.29, 1.82) is 0 Å². The van der Waals surface area contributed by atoms with Gasteiger partial charge in [-0.3, -0.25) is 9.59 Å². The number of hydrogen-bond donors (Lipinski definition) is 3. The molecule has 1 saturated carbocycles. The molecule has 1 aliphatic heterocycles. The highest BCUT2D eigenvalue weighted by atomic mass is 35.5. The second-order valence-corrected chi connectivity index (χ2v) is 5.95. The second-order valence-electron chi connectivity index (χ2n) is 5.95. The average Bonchev–Trinajstić information content (AvgIpc) is 3.11. The van der Waals surface area contributed by atoms with E-state index in [1.54, 1.807) is 6.07 Å². The largest absolute Gasteiger partial charge is 0.454 e. The molecule has 7 heteroatoms. The van der Waals surface area contributed by atoms with Crippen LogP contribution in [0.3, 0.4) is 0 Å². The third kappa shape index (κ3) is 3.62. The number of furan rings is 1. The summed E-state index contributed by atoms with van der Waals surface area (Å²) in [4.78, 5) is 23.1. The first kappa shape index (κ1) is 16.8. The van der Waals surface area contributed by atoms with E-state index in [0.717, 1.165) is 6.42 Å². The molecular weight excluding hydrogens is 306 g/mol. The van der Waals surface area contributed by atoms with Crippen molar-refractivity contribution in [2.75, 3.05) is 0 Å². The zero-order valence-electron chi connectivity index (χ0n) is 12.3. The van der Waals surface area contributed by atoms with E-state index >= 15 is 0 Å². The van der Waals surface area contributed by atoms with Gasteiger partial charge >= 0.3 is 0 Å². The summed E-state index contributed by atoms with van der Waals surface area (Å²) in [6.07, 6.45) is 5.85. The third-order valence-electron chi connectivity index (χ3n) is 4.52. The van der Waals surface area contributed by atoms with Crippen molar-refractivity contribution in [1.82, 2.24) is 10.6 Å². The topological polar surface area (TPSA) is 97.4 Å². The van der Waals surface area contributed by atoms with E-state index in [1.165, 1.54) is 31.7 Å². The standard InChI is InChI=1S/C15H21N3O3.ClH/c16-14(19)13-6-5-10(21-13)8-17-15(20)12-7-9-3-1-2-4-11(9)18-12;/h5-6,9,11-12,18H,1-4,7-8H2,(H2,16,19)(H,17,20);1H. The first-order valence-electron chi connectivity index (χ1n) is 7.56. The van der Waals surface area contributed by atoms with Gasteiger partial charge in [0, 0.05) is 6.04 Å². The van der Waals surface area contributed by atoms with Gasteiger partial charge < -0.3 is 20.8 Å². The Balaban J connectivity index is 0.00000176. The van der Waals surface area contributed by atoms with E-state index in [1.807, 2.05) is 0 Å². The number of rotatable bonds is 4. The molecule has 0 spiro atoms. The molecule has 1 aliphatic carbocycles. The molecule has 122 valence electrons. The zero-order chi connectivity index (χ0) is 14.8. The van der Waals surface area contributed by atoms with Gasteiger partial charge in [0.15, 0.2) is 5.76 Å². The highest BCUT2D eigenvalue weighted by Gasteiger charge is 2.38. The van der Waals surface area contributed by atoms with E-state index < -0.39 is 5.91 Å². The fraction of sp³-hybridized carbons (Fsp3) is 0.600. The lowest BCUT2D eigenvalue weighted by molar-refractivity contribution is -0.123. The van der Waals surface area contributed by atoms with Crippen LogP contribution in [0.5, 0.6) is 0 Å². The van der Waals surface area contributed by atoms with Gasteiger partial charge in [0.2, 0.25) is 5.91 Å². The molecule has 1 saturated heterocycles. The Hall–Kier alpha value is -1.53. The number of fused-ring (bicyclic) bond motifs is 1. The molecule has 4 N–H and O–H groups in total. The van der Waals surface area contributed by atoms with Gasteiger partial charge in [-0.15, -0.1) is 12.4 Å². The maximum absolute atomic E-state index is 12.2. The van der Waals surface area contributed by atoms with E-state index in [2.05, 4.69) is 10.6 Å². The molecule has 2 amide bonds. The van der Waals surface area contributed by atoms with Crippen LogP contribution >= 0.6 is 12.4 Å². The van der Waals surface area contributed by atoms with E-state index in [-0.39, 0.29) is 36.7 Å². The number of nitrogens with two attached hydrogens (primary N) is 1. The Kier molecular flexibility index (Phi) is 5.47. The summed E-state index contributed by atoms with van der Waals surface area (Å²) in [5.41, 5.74) is 5.12. The van der Waals surface area contributed by atoms with Crippen LogP contribution in [0.1, 0.15) is 48.4 Å². The quantitative estimate of drug-likeness (QED) is 0.777. The number of nitrogens with one attached hydrogen (secondary N) is 2. The Bertz CT molecular complexity index is 532. The molecule has 2 aliphatic rings. The summed E-state index contributed by atoms with van der Waals surface area (Å²) in [5.74, 6) is 0.687. The summed E-state index contributed by atoms with van der Waals surface area (Å²) in [6.45, 7) is 0.277. The van der Waals surface area contributed by atoms with Crippen LogP contribution in [0.2, 0.25) is 0 Å². The van der Waals surface area contributed by atoms with Crippen molar-refractivity contribution in [2.24, 2.45) is 11.7 Å². The van der Waals surface area contributed by atoms with Crippen LogP contribution in [0, 0.1) is 5.92 Å². The maximum Gasteiger partial charge on any atom is 0.284 e. The Morgan fingerprint density at radius 3 is 2.77 bits per heavy atom.